The second-order valence-corrected chi connectivity index (χ2v) is 8.15. The van der Waals surface area contributed by atoms with Crippen molar-refractivity contribution in [2.45, 2.75) is 24.5 Å². The molecule has 1 aliphatic carbocycles. The van der Waals surface area contributed by atoms with Gasteiger partial charge in [0, 0.05) is 18.0 Å². The van der Waals surface area contributed by atoms with Crippen molar-refractivity contribution in [3.63, 3.8) is 0 Å². The molecule has 0 spiro atoms. The summed E-state index contributed by atoms with van der Waals surface area (Å²) in [7, 11) is 0. The topological polar surface area (TPSA) is 116 Å². The van der Waals surface area contributed by atoms with E-state index in [2.05, 4.69) is 5.32 Å². The number of hydrogen-bond acceptors (Lipinski definition) is 5. The van der Waals surface area contributed by atoms with E-state index < -0.39 is 30.1 Å². The number of rotatable bonds is 8. The van der Waals surface area contributed by atoms with E-state index in [-0.39, 0.29) is 36.6 Å². The number of carboxylic acids is 1. The minimum Gasteiger partial charge on any atom is -0.481 e. The van der Waals surface area contributed by atoms with Crippen molar-refractivity contribution in [3.05, 3.63) is 94.8 Å². The molecule has 8 heteroatoms. The van der Waals surface area contributed by atoms with Crippen LogP contribution in [0.3, 0.4) is 0 Å². The van der Waals surface area contributed by atoms with Crippen LogP contribution in [-0.2, 0) is 16.0 Å². The fourth-order valence-electron chi connectivity index (χ4n) is 4.26. The number of carboxylic acid groups (broad SMARTS) is 1. The third-order valence-electron chi connectivity index (χ3n) is 5.90. The van der Waals surface area contributed by atoms with Crippen LogP contribution in [0.15, 0.2) is 66.7 Å². The Morgan fingerprint density at radius 1 is 0.971 bits per heavy atom. The summed E-state index contributed by atoms with van der Waals surface area (Å²) in [6.45, 7) is -0.301. The van der Waals surface area contributed by atoms with Gasteiger partial charge in [0.05, 0.1) is 6.42 Å². The van der Waals surface area contributed by atoms with Gasteiger partial charge in [-0.25, -0.2) is 9.18 Å². The number of halogens is 1. The number of aliphatic carboxylic acids is 1. The quantitative estimate of drug-likeness (QED) is 0.405. The molecule has 1 aliphatic rings. The van der Waals surface area contributed by atoms with E-state index in [4.69, 9.17) is 9.84 Å². The number of amides is 1. The van der Waals surface area contributed by atoms with Crippen LogP contribution in [-0.4, -0.2) is 46.6 Å². The summed E-state index contributed by atoms with van der Waals surface area (Å²) in [6, 6.07) is 19.3. The second-order valence-electron chi connectivity index (χ2n) is 8.15. The van der Waals surface area contributed by atoms with E-state index in [1.54, 1.807) is 0 Å². The van der Waals surface area contributed by atoms with E-state index in [0.717, 1.165) is 28.3 Å². The van der Waals surface area contributed by atoms with Crippen LogP contribution < -0.4 is 5.32 Å². The van der Waals surface area contributed by atoms with Crippen LogP contribution in [0.1, 0.15) is 34.3 Å². The highest BCUT2D eigenvalue weighted by Gasteiger charge is 2.29. The third kappa shape index (κ3) is 4.93. The number of carbonyl (C=O) groups excluding carboxylic acids is 1. The van der Waals surface area contributed by atoms with Gasteiger partial charge in [-0.1, -0.05) is 54.6 Å². The molecule has 0 heterocycles. The molecule has 1 amide bonds. The van der Waals surface area contributed by atoms with Crippen LogP contribution in [0.2, 0.25) is 0 Å². The maximum atomic E-state index is 14.1. The molecule has 2 atom stereocenters. The van der Waals surface area contributed by atoms with Gasteiger partial charge in [-0.2, -0.15) is 0 Å². The number of aliphatic hydroxyl groups is 2. The molecule has 0 aliphatic heterocycles. The molecule has 0 saturated carbocycles. The van der Waals surface area contributed by atoms with E-state index in [0.29, 0.717) is 0 Å². The smallest absolute Gasteiger partial charge is 0.407 e. The van der Waals surface area contributed by atoms with Gasteiger partial charge >= 0.3 is 12.1 Å². The first-order chi connectivity index (χ1) is 16.3. The van der Waals surface area contributed by atoms with Crippen molar-refractivity contribution in [1.29, 1.82) is 0 Å². The molecular weight excluding hydrogens is 441 g/mol. The summed E-state index contributed by atoms with van der Waals surface area (Å²) >= 11 is 0. The van der Waals surface area contributed by atoms with Crippen molar-refractivity contribution < 1.29 is 34.0 Å². The molecule has 3 aromatic carbocycles. The van der Waals surface area contributed by atoms with Crippen LogP contribution in [0, 0.1) is 5.82 Å². The summed E-state index contributed by atoms with van der Waals surface area (Å²) in [5.41, 5.74) is 4.34. The molecule has 0 saturated heterocycles. The highest BCUT2D eigenvalue weighted by molar-refractivity contribution is 5.79. The number of benzene rings is 3. The zero-order chi connectivity index (χ0) is 24.2. The van der Waals surface area contributed by atoms with Gasteiger partial charge in [0.2, 0.25) is 0 Å². The molecule has 2 unspecified atom stereocenters. The Kier molecular flexibility index (Phi) is 6.90. The van der Waals surface area contributed by atoms with Gasteiger partial charge in [-0.05, 0) is 39.9 Å². The molecule has 7 nitrogen and oxygen atoms in total. The molecule has 34 heavy (non-hydrogen) atoms. The van der Waals surface area contributed by atoms with E-state index >= 15 is 0 Å². The Labute approximate surface area is 195 Å². The Bertz CT molecular complexity index is 1170. The fourth-order valence-corrected chi connectivity index (χ4v) is 4.26. The predicted molar refractivity (Wildman–Crippen MR) is 122 cm³/mol. The zero-order valence-corrected chi connectivity index (χ0v) is 18.1. The highest BCUT2D eigenvalue weighted by atomic mass is 19.1. The molecule has 3 aromatic rings. The number of ether oxygens (including phenoxy) is 1. The Morgan fingerprint density at radius 2 is 1.59 bits per heavy atom. The van der Waals surface area contributed by atoms with Gasteiger partial charge < -0.3 is 25.4 Å². The molecule has 4 rings (SSSR count). The van der Waals surface area contributed by atoms with Crippen LogP contribution in [0.5, 0.6) is 0 Å². The molecule has 0 fully saturated rings. The van der Waals surface area contributed by atoms with Crippen molar-refractivity contribution in [2.75, 3.05) is 13.2 Å². The van der Waals surface area contributed by atoms with Crippen molar-refractivity contribution in [2.24, 2.45) is 0 Å². The highest BCUT2D eigenvalue weighted by Crippen LogP contribution is 2.44. The lowest BCUT2D eigenvalue weighted by molar-refractivity contribution is -0.136. The fraction of sp³-hybridized carbons (Fsp3) is 0.231. The summed E-state index contributed by atoms with van der Waals surface area (Å²) in [5.74, 6) is -2.02. The Balaban J connectivity index is 1.35. The van der Waals surface area contributed by atoms with Crippen molar-refractivity contribution >= 4 is 12.1 Å². The standard InChI is InChI=1S/C26H24FNO6/c27-22-10-9-15(12-24(30)31)11-20(22)25(32)23(29)13-28-26(33)34-14-21-18-7-3-1-5-16(18)17-6-2-4-8-19(17)21/h1-11,21,23,25,29,32H,12-14H2,(H,28,33)(H,30,31). The minimum atomic E-state index is -1.66. The number of carbonyl (C=O) groups is 2. The largest absolute Gasteiger partial charge is 0.481 e. The molecule has 176 valence electrons. The normalized spacial score (nSPS) is 14.1. The number of nitrogens with one attached hydrogen (secondary N) is 1. The third-order valence-corrected chi connectivity index (χ3v) is 5.90. The first kappa shape index (κ1) is 23.4. The molecular formula is C26H24FNO6. The first-order valence-electron chi connectivity index (χ1n) is 10.8. The maximum absolute atomic E-state index is 14.1. The lowest BCUT2D eigenvalue weighted by Crippen LogP contribution is -2.36. The second kappa shape index (κ2) is 10.0. The average molecular weight is 465 g/mol. The van der Waals surface area contributed by atoms with Crippen molar-refractivity contribution in [3.8, 4) is 11.1 Å². The van der Waals surface area contributed by atoms with Crippen LogP contribution in [0.4, 0.5) is 9.18 Å². The van der Waals surface area contributed by atoms with Gasteiger partial charge in [0.1, 0.15) is 24.6 Å². The SMILES string of the molecule is O=C(O)Cc1ccc(F)c(C(O)C(O)CNC(=O)OCC2c3ccccc3-c3ccccc32)c1. The van der Waals surface area contributed by atoms with Gasteiger partial charge in [0.25, 0.3) is 0 Å². The number of fused-ring (bicyclic) bond motifs is 3. The van der Waals surface area contributed by atoms with Crippen molar-refractivity contribution in [1.82, 2.24) is 5.32 Å². The molecule has 4 N–H and O–H groups in total. The Hall–Kier alpha value is -3.75. The van der Waals surface area contributed by atoms with Gasteiger partial charge in [-0.3, -0.25) is 4.79 Å². The van der Waals surface area contributed by atoms with E-state index in [9.17, 15) is 24.2 Å². The summed E-state index contributed by atoms with van der Waals surface area (Å²) in [5, 5.41) is 31.9. The zero-order valence-electron chi connectivity index (χ0n) is 18.1. The van der Waals surface area contributed by atoms with E-state index in [1.807, 2.05) is 48.5 Å². The monoisotopic (exact) mass is 465 g/mol. The summed E-state index contributed by atoms with van der Waals surface area (Å²) in [4.78, 5) is 23.1. The first-order valence-corrected chi connectivity index (χ1v) is 10.8. The van der Waals surface area contributed by atoms with Gasteiger partial charge in [-0.15, -0.1) is 0 Å². The van der Waals surface area contributed by atoms with E-state index in [1.165, 1.54) is 12.1 Å². The summed E-state index contributed by atoms with van der Waals surface area (Å²) in [6.07, 6.45) is -4.33. The number of aliphatic hydroxyl groups excluding tert-OH is 2. The Morgan fingerprint density at radius 3 is 2.21 bits per heavy atom. The maximum Gasteiger partial charge on any atom is 0.407 e. The molecule has 0 radical (unpaired) electrons. The minimum absolute atomic E-state index is 0.0877. The van der Waals surface area contributed by atoms with Crippen LogP contribution in [0.25, 0.3) is 11.1 Å². The number of alkyl carbamates (subject to hydrolysis) is 1. The average Bonchev–Trinajstić information content (AvgIpc) is 3.15. The molecule has 0 bridgehead atoms. The van der Waals surface area contributed by atoms with Crippen LogP contribution >= 0.6 is 0 Å². The summed E-state index contributed by atoms with van der Waals surface area (Å²) < 4.78 is 19.5. The number of hydrogen-bond donors (Lipinski definition) is 4. The molecule has 0 aromatic heterocycles. The lowest BCUT2D eigenvalue weighted by atomic mass is 9.98. The van der Waals surface area contributed by atoms with Gasteiger partial charge in [0.15, 0.2) is 0 Å². The predicted octanol–water partition coefficient (Wildman–Crippen LogP) is 3.39. The lowest BCUT2D eigenvalue weighted by Gasteiger charge is -2.20.